The lowest BCUT2D eigenvalue weighted by Crippen LogP contribution is -2.30. The lowest BCUT2D eigenvalue weighted by Gasteiger charge is -2.17. The van der Waals surface area contributed by atoms with Crippen molar-refractivity contribution in [2.24, 2.45) is 0 Å². The number of nitrogens with zero attached hydrogens (tertiary/aromatic N) is 1. The van der Waals surface area contributed by atoms with Crippen molar-refractivity contribution in [1.82, 2.24) is 0 Å². The molecule has 1 N–H and O–H groups in total. The van der Waals surface area contributed by atoms with Crippen LogP contribution in [0.25, 0.3) is 0 Å². The lowest BCUT2D eigenvalue weighted by molar-refractivity contribution is -0.683. The van der Waals surface area contributed by atoms with E-state index in [4.69, 9.17) is 23.3 Å². The van der Waals surface area contributed by atoms with E-state index in [1.807, 2.05) is 45.9 Å². The van der Waals surface area contributed by atoms with Crippen molar-refractivity contribution in [3.8, 4) is 11.5 Å². The molecule has 0 amide bonds. The highest BCUT2D eigenvalue weighted by atomic mass is 32.1. The van der Waals surface area contributed by atoms with Crippen LogP contribution in [0.15, 0.2) is 65.6 Å². The largest absolute Gasteiger partial charge is 0.752 e. The third-order valence-corrected chi connectivity index (χ3v) is 9.42. The number of hydrogen-bond donors (Lipinski definition) is 1. The maximum Gasteiger partial charge on any atom is 0.752 e. The summed E-state index contributed by atoms with van der Waals surface area (Å²) in [6, 6.07) is 15.6. The molecule has 0 saturated heterocycles. The fourth-order valence-corrected chi connectivity index (χ4v) is 6.49. The van der Waals surface area contributed by atoms with E-state index in [0.717, 1.165) is 17.7 Å². The van der Waals surface area contributed by atoms with Gasteiger partial charge in [-0.2, -0.15) is 4.57 Å². The van der Waals surface area contributed by atoms with E-state index in [9.17, 15) is 9.67 Å². The van der Waals surface area contributed by atoms with Crippen LogP contribution in [0, 0.1) is 0 Å². The first-order valence-electron chi connectivity index (χ1n) is 17.4. The Morgan fingerprint density at radius 2 is 1.51 bits per heavy atom. The Labute approximate surface area is 287 Å². The van der Waals surface area contributed by atoms with Crippen LogP contribution >= 0.6 is 19.6 Å². The average molecular weight is 690 g/mol. The number of aliphatic hydroxyl groups excluding tert-OH is 1. The molecule has 10 heteroatoms. The number of thiazole rings is 1. The predicted octanol–water partition coefficient (Wildman–Crippen LogP) is 9.20. The number of aryl methyl sites for hydroxylation is 1. The van der Waals surface area contributed by atoms with Crippen LogP contribution in [0.3, 0.4) is 0 Å². The van der Waals surface area contributed by atoms with Gasteiger partial charge in [-0.1, -0.05) is 118 Å². The van der Waals surface area contributed by atoms with Gasteiger partial charge >= 0.3 is 8.25 Å². The van der Waals surface area contributed by atoms with Crippen molar-refractivity contribution < 1.29 is 37.5 Å². The summed E-state index contributed by atoms with van der Waals surface area (Å²) in [6.45, 7) is 3.79. The second-order valence-corrected chi connectivity index (χ2v) is 13.6. The zero-order valence-electron chi connectivity index (χ0n) is 28.4. The van der Waals surface area contributed by atoms with Gasteiger partial charge in [0.25, 0.3) is 0 Å². The summed E-state index contributed by atoms with van der Waals surface area (Å²) in [7, 11) is -0.926. The molecule has 0 aliphatic heterocycles. The molecule has 3 aromatic rings. The molecule has 0 spiro atoms. The van der Waals surface area contributed by atoms with Crippen LogP contribution in [0.2, 0.25) is 0 Å². The van der Waals surface area contributed by atoms with Gasteiger partial charge in [0, 0.05) is 23.7 Å². The minimum Gasteiger partial charge on any atom is -0.491 e. The van der Waals surface area contributed by atoms with Crippen molar-refractivity contribution >= 4 is 19.6 Å². The fraction of sp³-hybridized carbons (Fsp3) is 0.595. The van der Waals surface area contributed by atoms with E-state index in [2.05, 4.69) is 19.1 Å². The van der Waals surface area contributed by atoms with Gasteiger partial charge in [-0.15, -0.1) is 0 Å². The van der Waals surface area contributed by atoms with E-state index in [1.165, 1.54) is 82.6 Å². The molecule has 8 nitrogen and oxygen atoms in total. The summed E-state index contributed by atoms with van der Waals surface area (Å²) in [5, 5.41) is 12.2. The van der Waals surface area contributed by atoms with Crippen molar-refractivity contribution in [2.45, 2.75) is 116 Å². The zero-order chi connectivity index (χ0) is 33.4. The van der Waals surface area contributed by atoms with E-state index < -0.39 is 14.5 Å². The summed E-state index contributed by atoms with van der Waals surface area (Å²) in [4.78, 5) is 0. The Kier molecular flexibility index (Phi) is 20.5. The first-order valence-corrected chi connectivity index (χ1v) is 19.4. The molecule has 0 fully saturated rings. The third-order valence-electron chi connectivity index (χ3n) is 7.98. The molecule has 3 atom stereocenters. The van der Waals surface area contributed by atoms with Gasteiger partial charge < -0.3 is 19.3 Å². The highest BCUT2D eigenvalue weighted by Gasteiger charge is 2.28. The summed E-state index contributed by atoms with van der Waals surface area (Å²) < 4.78 is 42.1. The Bertz CT molecular complexity index is 1230. The molecule has 260 valence electrons. The number of benzene rings is 2. The SMILES string of the molecule is CCCCCCCCCCCCCCc1cccc(OCC(COCCC(O)O[P+](=O)Oc2cccc(C[n+]3ccsc3)c2)OC)c1. The standard InChI is InChI=1S/C37H56NO7PS/c1-3-4-5-6-7-8-9-10-11-12-13-14-17-32-18-15-20-34(26-32)43-30-36(41-2)29-42-24-22-37(39)45-46(40)44-35-21-16-19-33(27-35)28-38-23-25-47-31-38/h15-16,18-21,23,25-27,31,36-37,39H,3-14,17,22,24,28-30H2,1-2H3/q+2. The van der Waals surface area contributed by atoms with Gasteiger partial charge in [0.2, 0.25) is 11.8 Å². The molecule has 1 heterocycles. The van der Waals surface area contributed by atoms with Gasteiger partial charge in [0.15, 0.2) is 18.5 Å². The zero-order valence-corrected chi connectivity index (χ0v) is 30.1. The summed E-state index contributed by atoms with van der Waals surface area (Å²) in [6.07, 6.45) is 17.9. The molecule has 2 aromatic carbocycles. The number of ether oxygens (including phenoxy) is 3. The van der Waals surface area contributed by atoms with Gasteiger partial charge in [-0.05, 0) is 42.7 Å². The molecular weight excluding hydrogens is 633 g/mol. The smallest absolute Gasteiger partial charge is 0.491 e. The van der Waals surface area contributed by atoms with Crippen molar-refractivity contribution in [3.05, 3.63) is 76.7 Å². The average Bonchev–Trinajstić information content (AvgIpc) is 3.58. The summed E-state index contributed by atoms with van der Waals surface area (Å²) >= 11 is 1.61. The van der Waals surface area contributed by atoms with Crippen molar-refractivity contribution in [3.63, 3.8) is 0 Å². The molecule has 0 saturated carbocycles. The van der Waals surface area contributed by atoms with Gasteiger partial charge in [0.05, 0.1) is 18.6 Å². The van der Waals surface area contributed by atoms with Crippen LogP contribution in [0.1, 0.15) is 102 Å². The molecule has 0 bridgehead atoms. The second-order valence-electron chi connectivity index (χ2n) is 12.0. The Hall–Kier alpha value is -2.39. The fourth-order valence-electron chi connectivity index (χ4n) is 5.26. The minimum atomic E-state index is -2.55. The van der Waals surface area contributed by atoms with Crippen LogP contribution < -0.4 is 13.8 Å². The molecule has 0 radical (unpaired) electrons. The van der Waals surface area contributed by atoms with Gasteiger partial charge in [0.1, 0.15) is 18.5 Å². The van der Waals surface area contributed by atoms with Crippen LogP contribution in [-0.4, -0.2) is 44.4 Å². The van der Waals surface area contributed by atoms with Crippen LogP contribution in [0.5, 0.6) is 11.5 Å². The molecule has 1 aromatic heterocycles. The third kappa shape index (κ3) is 18.1. The molecule has 0 aliphatic carbocycles. The van der Waals surface area contributed by atoms with E-state index in [-0.39, 0.29) is 19.1 Å². The number of unbranched alkanes of at least 4 members (excludes halogenated alkanes) is 11. The second kappa shape index (κ2) is 24.7. The van der Waals surface area contributed by atoms with Crippen molar-refractivity contribution in [2.75, 3.05) is 26.9 Å². The highest BCUT2D eigenvalue weighted by Crippen LogP contribution is 2.30. The number of rotatable bonds is 28. The number of methoxy groups -OCH3 is 1. The predicted molar refractivity (Wildman–Crippen MR) is 188 cm³/mol. The lowest BCUT2D eigenvalue weighted by atomic mass is 10.0. The molecule has 3 rings (SSSR count). The maximum absolute atomic E-state index is 12.3. The molecule has 47 heavy (non-hydrogen) atoms. The van der Waals surface area contributed by atoms with Crippen molar-refractivity contribution in [1.29, 1.82) is 0 Å². The maximum atomic E-state index is 12.3. The number of aromatic nitrogens is 1. The molecular formula is C37H56NO7PS+2. The van der Waals surface area contributed by atoms with Gasteiger partial charge in [-0.25, -0.2) is 4.52 Å². The van der Waals surface area contributed by atoms with Crippen LogP contribution in [0.4, 0.5) is 0 Å². The van der Waals surface area contributed by atoms with Gasteiger partial charge in [-0.3, -0.25) is 0 Å². The normalized spacial score (nSPS) is 13.0. The minimum absolute atomic E-state index is 0.137. The van der Waals surface area contributed by atoms with Crippen LogP contribution in [-0.2, 0) is 31.5 Å². The quantitative estimate of drug-likeness (QED) is 0.0352. The first kappa shape index (κ1) is 39.1. The summed E-state index contributed by atoms with van der Waals surface area (Å²) in [5.74, 6) is 1.24. The van der Waals surface area contributed by atoms with E-state index in [0.29, 0.717) is 25.5 Å². The monoisotopic (exact) mass is 689 g/mol. The summed E-state index contributed by atoms with van der Waals surface area (Å²) in [5.41, 5.74) is 4.31. The Balaban J connectivity index is 1.22. The number of hydrogen-bond acceptors (Lipinski definition) is 8. The number of aliphatic hydroxyl groups is 1. The highest BCUT2D eigenvalue weighted by molar-refractivity contribution is 7.33. The molecule has 3 unspecified atom stereocenters. The Morgan fingerprint density at radius 1 is 0.851 bits per heavy atom. The molecule has 0 aliphatic rings. The Morgan fingerprint density at radius 3 is 2.19 bits per heavy atom. The van der Waals surface area contributed by atoms with E-state index in [1.54, 1.807) is 30.6 Å². The topological polar surface area (TPSA) is 87.3 Å². The first-order chi connectivity index (χ1) is 23.1. The van der Waals surface area contributed by atoms with E-state index >= 15 is 0 Å².